The summed E-state index contributed by atoms with van der Waals surface area (Å²) in [7, 11) is 0. The minimum absolute atomic E-state index is 0.0265. The van der Waals surface area contributed by atoms with E-state index in [2.05, 4.69) is 0 Å². The number of carbonyl (C=O) groups excluding carboxylic acids is 5. The summed E-state index contributed by atoms with van der Waals surface area (Å²) in [5, 5.41) is 23.4. The van der Waals surface area contributed by atoms with Crippen LogP contribution in [0.4, 0.5) is 0 Å². The molecular weight excluding hydrogens is 544 g/mol. The lowest BCUT2D eigenvalue weighted by atomic mass is 9.38. The summed E-state index contributed by atoms with van der Waals surface area (Å²) < 4.78 is 6.11. The highest BCUT2D eigenvalue weighted by atomic mass is 32.2. The summed E-state index contributed by atoms with van der Waals surface area (Å²) in [6.45, 7) is 13.1. The number of phenolic OH excluding ortho intramolecular Hbond substituents is 1. The van der Waals surface area contributed by atoms with Crippen molar-refractivity contribution < 1.29 is 38.9 Å². The van der Waals surface area contributed by atoms with E-state index in [0.29, 0.717) is 22.5 Å². The van der Waals surface area contributed by atoms with E-state index in [4.69, 9.17) is 4.74 Å². The Kier molecular flexibility index (Phi) is 7.97. The van der Waals surface area contributed by atoms with Crippen LogP contribution < -0.4 is 0 Å². The zero-order valence-corrected chi connectivity index (χ0v) is 25.8. The summed E-state index contributed by atoms with van der Waals surface area (Å²) in [6.07, 6.45) is -0.413. The molecule has 0 bridgehead atoms. The molecule has 0 amide bonds. The number of carbonyl (C=O) groups is 5. The predicted molar refractivity (Wildman–Crippen MR) is 155 cm³/mol. The van der Waals surface area contributed by atoms with Crippen molar-refractivity contribution in [3.63, 3.8) is 0 Å². The fourth-order valence-corrected chi connectivity index (χ4v) is 9.58. The topological polar surface area (TPSA) is 135 Å². The molecule has 1 saturated carbocycles. The van der Waals surface area contributed by atoms with Crippen molar-refractivity contribution in [2.75, 3.05) is 11.5 Å². The highest BCUT2D eigenvalue weighted by Gasteiger charge is 2.79. The number of ether oxygens (including phenoxy) is 1. The fourth-order valence-electron chi connectivity index (χ4n) is 8.35. The standard InChI is InChI=1S/C32H40O8S/c1-9-13-41-14-20-19-11-10-12-21(35)23(19)26(36)25-28(38)32(39)27(37)22(17(5)33)16(4)24(15(2)3)31(32,8)29(30(20,25)7)40-18(6)34/h10-12,15,20,22,25,29,35,39H,9,13-14H2,1-8H3/t20-,22?,25?,29-,30+,31+,32+/m0/s1. The third kappa shape index (κ3) is 4.02. The maximum absolute atomic E-state index is 14.8. The molecule has 9 heteroatoms. The molecule has 4 rings (SSSR count). The first kappa shape index (κ1) is 31.2. The number of ketones is 4. The van der Waals surface area contributed by atoms with Gasteiger partial charge >= 0.3 is 5.97 Å². The van der Waals surface area contributed by atoms with Gasteiger partial charge in [0.15, 0.2) is 23.0 Å². The SMILES string of the molecule is CCCSC[C@H]1c2cccc(O)c2C(=O)C2C(=O)[C@]3(O)C(=O)C(C(C)=O)C(C)=C(C(C)C)[C@]3(C)[C@@H](OC(C)=O)[C@@]21C. The summed E-state index contributed by atoms with van der Waals surface area (Å²) >= 11 is 1.62. The number of aromatic hydroxyl groups is 1. The van der Waals surface area contributed by atoms with Gasteiger partial charge in [-0.25, -0.2) is 0 Å². The quantitative estimate of drug-likeness (QED) is 0.206. The first-order chi connectivity index (χ1) is 19.0. The normalized spacial score (nSPS) is 34.7. The predicted octanol–water partition coefficient (Wildman–Crippen LogP) is 4.45. The lowest BCUT2D eigenvalue weighted by Gasteiger charge is -2.65. The van der Waals surface area contributed by atoms with Gasteiger partial charge < -0.3 is 14.9 Å². The molecule has 3 aliphatic rings. The Hall–Kier alpha value is -2.78. The van der Waals surface area contributed by atoms with E-state index < -0.39 is 69.4 Å². The van der Waals surface area contributed by atoms with Gasteiger partial charge in [-0.2, -0.15) is 11.8 Å². The van der Waals surface area contributed by atoms with Crippen LogP contribution in [0.1, 0.15) is 83.7 Å². The van der Waals surface area contributed by atoms with Crippen LogP contribution in [0.15, 0.2) is 29.3 Å². The van der Waals surface area contributed by atoms with Gasteiger partial charge in [0.05, 0.1) is 16.9 Å². The average Bonchev–Trinajstić information content (AvgIpc) is 2.86. The number of thioether (sulfide) groups is 1. The van der Waals surface area contributed by atoms with Gasteiger partial charge in [-0.3, -0.25) is 24.0 Å². The number of hydrogen-bond donors (Lipinski definition) is 2. The van der Waals surface area contributed by atoms with Gasteiger partial charge in [0.2, 0.25) is 0 Å². The smallest absolute Gasteiger partial charge is 0.302 e. The fraction of sp³-hybridized carbons (Fsp3) is 0.594. The zero-order chi connectivity index (χ0) is 30.8. The first-order valence-corrected chi connectivity index (χ1v) is 15.3. The van der Waals surface area contributed by atoms with Crippen LogP contribution in [-0.4, -0.2) is 62.5 Å². The molecule has 0 spiro atoms. The maximum Gasteiger partial charge on any atom is 0.302 e. The van der Waals surface area contributed by atoms with E-state index >= 15 is 0 Å². The Labute approximate surface area is 245 Å². The third-order valence-electron chi connectivity index (χ3n) is 9.73. The molecule has 1 aromatic rings. The molecule has 8 nitrogen and oxygen atoms in total. The minimum atomic E-state index is -2.83. The van der Waals surface area contributed by atoms with Crippen LogP contribution in [-0.2, 0) is 23.9 Å². The van der Waals surface area contributed by atoms with Crippen molar-refractivity contribution in [3.05, 3.63) is 40.5 Å². The van der Waals surface area contributed by atoms with Crippen molar-refractivity contribution in [2.45, 2.75) is 79.4 Å². The van der Waals surface area contributed by atoms with Gasteiger partial charge in [0.1, 0.15) is 23.6 Å². The van der Waals surface area contributed by atoms with Crippen LogP contribution in [0.25, 0.3) is 0 Å². The summed E-state index contributed by atoms with van der Waals surface area (Å²) in [5.41, 5.74) is -4.57. The molecular formula is C32H40O8S. The van der Waals surface area contributed by atoms with E-state index in [9.17, 15) is 34.2 Å². The minimum Gasteiger partial charge on any atom is -0.507 e. The number of esters is 1. The molecule has 0 aromatic heterocycles. The monoisotopic (exact) mass is 584 g/mol. The molecule has 1 fully saturated rings. The van der Waals surface area contributed by atoms with E-state index in [1.54, 1.807) is 44.7 Å². The Balaban J connectivity index is 2.17. The second kappa shape index (κ2) is 10.5. The van der Waals surface area contributed by atoms with Crippen LogP contribution in [0.3, 0.4) is 0 Å². The molecule has 1 aromatic carbocycles. The van der Waals surface area contributed by atoms with Crippen LogP contribution in [0.2, 0.25) is 0 Å². The Bertz CT molecular complexity index is 1380. The Morgan fingerprint density at radius 1 is 1.10 bits per heavy atom. The average molecular weight is 585 g/mol. The van der Waals surface area contributed by atoms with Gasteiger partial charge in [-0.1, -0.05) is 51.0 Å². The molecule has 0 saturated heterocycles. The molecule has 222 valence electrons. The molecule has 41 heavy (non-hydrogen) atoms. The molecule has 0 aliphatic heterocycles. The van der Waals surface area contributed by atoms with Crippen molar-refractivity contribution in [3.8, 4) is 5.75 Å². The molecule has 2 N–H and O–H groups in total. The van der Waals surface area contributed by atoms with Gasteiger partial charge in [0, 0.05) is 24.0 Å². The Morgan fingerprint density at radius 3 is 2.27 bits per heavy atom. The van der Waals surface area contributed by atoms with E-state index in [1.165, 1.54) is 19.9 Å². The molecule has 0 heterocycles. The molecule has 3 aliphatic carbocycles. The number of rotatable bonds is 7. The number of hydrogen-bond acceptors (Lipinski definition) is 9. The summed E-state index contributed by atoms with van der Waals surface area (Å²) in [6, 6.07) is 4.75. The summed E-state index contributed by atoms with van der Waals surface area (Å²) in [4.78, 5) is 68.9. The molecule has 2 unspecified atom stereocenters. The first-order valence-electron chi connectivity index (χ1n) is 14.2. The van der Waals surface area contributed by atoms with E-state index in [0.717, 1.165) is 12.2 Å². The second-order valence-electron chi connectivity index (χ2n) is 12.5. The number of phenols is 1. The van der Waals surface area contributed by atoms with E-state index in [-0.39, 0.29) is 17.2 Å². The number of fused-ring (bicyclic) bond motifs is 3. The summed E-state index contributed by atoms with van der Waals surface area (Å²) in [5.74, 6) is -6.95. The lowest BCUT2D eigenvalue weighted by Crippen LogP contribution is -2.79. The third-order valence-corrected chi connectivity index (χ3v) is 11.0. The van der Waals surface area contributed by atoms with Crippen molar-refractivity contribution in [1.29, 1.82) is 0 Å². The van der Waals surface area contributed by atoms with Crippen molar-refractivity contribution in [1.82, 2.24) is 0 Å². The highest BCUT2D eigenvalue weighted by Crippen LogP contribution is 2.68. The molecule has 0 radical (unpaired) electrons. The van der Waals surface area contributed by atoms with Gasteiger partial charge in [-0.15, -0.1) is 0 Å². The molecule has 7 atom stereocenters. The zero-order valence-electron chi connectivity index (χ0n) is 25.0. The number of allylic oxidation sites excluding steroid dienone is 1. The van der Waals surface area contributed by atoms with Crippen molar-refractivity contribution >= 4 is 40.9 Å². The van der Waals surface area contributed by atoms with Gasteiger partial charge in [0.25, 0.3) is 0 Å². The van der Waals surface area contributed by atoms with Gasteiger partial charge in [-0.05, 0) is 50.5 Å². The number of Topliss-reactive ketones (excluding diaryl/α,β-unsaturated/α-hetero) is 4. The lowest BCUT2D eigenvalue weighted by molar-refractivity contribution is -0.223. The van der Waals surface area contributed by atoms with Crippen LogP contribution >= 0.6 is 11.8 Å². The second-order valence-corrected chi connectivity index (χ2v) is 13.6. The van der Waals surface area contributed by atoms with Crippen LogP contribution in [0.5, 0.6) is 5.75 Å². The number of aliphatic hydroxyl groups is 1. The van der Waals surface area contributed by atoms with Crippen LogP contribution in [0, 0.1) is 28.6 Å². The largest absolute Gasteiger partial charge is 0.507 e. The van der Waals surface area contributed by atoms with Crippen molar-refractivity contribution in [2.24, 2.45) is 28.6 Å². The van der Waals surface area contributed by atoms with E-state index in [1.807, 2.05) is 20.8 Å². The number of benzene rings is 1. The Morgan fingerprint density at radius 2 is 1.73 bits per heavy atom. The maximum atomic E-state index is 14.8. The highest BCUT2D eigenvalue weighted by molar-refractivity contribution is 7.99.